The molecule has 0 aliphatic carbocycles. The molecule has 5 nitrogen and oxygen atoms in total. The molecule has 1 saturated heterocycles. The fourth-order valence-electron chi connectivity index (χ4n) is 2.17. The molecule has 2 atom stereocenters. The van der Waals surface area contributed by atoms with Gasteiger partial charge in [-0.15, -0.1) is 0 Å². The number of nitro groups is 1. The number of nitrogens with zero attached hydrogens (tertiary/aromatic N) is 2. The van der Waals surface area contributed by atoms with E-state index in [0.29, 0.717) is 17.4 Å². The van der Waals surface area contributed by atoms with E-state index in [1.807, 2.05) is 18.7 Å². The molecule has 1 amide bonds. The van der Waals surface area contributed by atoms with Gasteiger partial charge in [-0.3, -0.25) is 14.9 Å². The number of halogens is 1. The first-order valence-corrected chi connectivity index (χ1v) is 7.71. The second kappa shape index (κ2) is 6.01. The Kier molecular flexibility index (Phi) is 4.55. The zero-order valence-electron chi connectivity index (χ0n) is 11.2. The molecule has 0 N–H and O–H groups in total. The van der Waals surface area contributed by atoms with Gasteiger partial charge in [0.15, 0.2) is 0 Å². The average Bonchev–Trinajstić information content (AvgIpc) is 2.41. The number of carbonyl (C=O) groups excluding carboxylic acids is 1. The van der Waals surface area contributed by atoms with Crippen LogP contribution in [0.3, 0.4) is 0 Å². The van der Waals surface area contributed by atoms with E-state index in [1.165, 1.54) is 18.2 Å². The lowest BCUT2D eigenvalue weighted by molar-refractivity contribution is -0.384. The first kappa shape index (κ1) is 15.1. The Labute approximate surface area is 126 Å². The highest BCUT2D eigenvalue weighted by molar-refractivity contribution is 8.00. The van der Waals surface area contributed by atoms with E-state index < -0.39 is 4.92 Å². The van der Waals surface area contributed by atoms with Crippen molar-refractivity contribution in [1.82, 2.24) is 4.90 Å². The summed E-state index contributed by atoms with van der Waals surface area (Å²) in [5.74, 6) is 0.728. The highest BCUT2D eigenvalue weighted by atomic mass is 35.5. The lowest BCUT2D eigenvalue weighted by atomic mass is 10.1. The van der Waals surface area contributed by atoms with Crippen molar-refractivity contribution < 1.29 is 9.72 Å². The van der Waals surface area contributed by atoms with Gasteiger partial charge in [-0.25, -0.2) is 0 Å². The van der Waals surface area contributed by atoms with Gasteiger partial charge >= 0.3 is 0 Å². The molecule has 2 unspecified atom stereocenters. The highest BCUT2D eigenvalue weighted by Crippen LogP contribution is 2.28. The van der Waals surface area contributed by atoms with E-state index in [2.05, 4.69) is 6.92 Å². The Hall–Kier alpha value is -1.27. The lowest BCUT2D eigenvalue weighted by Gasteiger charge is -2.37. The number of nitro benzene ring substituents is 1. The van der Waals surface area contributed by atoms with Gasteiger partial charge in [-0.05, 0) is 13.0 Å². The van der Waals surface area contributed by atoms with Crippen molar-refractivity contribution in [2.45, 2.75) is 25.1 Å². The van der Waals surface area contributed by atoms with Crippen molar-refractivity contribution in [3.05, 3.63) is 38.9 Å². The van der Waals surface area contributed by atoms with E-state index in [1.54, 1.807) is 4.90 Å². The Balaban J connectivity index is 2.27. The summed E-state index contributed by atoms with van der Waals surface area (Å²) in [4.78, 5) is 24.5. The quantitative estimate of drug-likeness (QED) is 0.621. The van der Waals surface area contributed by atoms with Crippen molar-refractivity contribution >= 4 is 35.0 Å². The third-order valence-corrected chi connectivity index (χ3v) is 5.19. The zero-order chi connectivity index (χ0) is 14.9. The number of thioether (sulfide) groups is 1. The standard InChI is InChI=1S/C13H15ClN2O3S/c1-8-9(2)20-6-5-15(8)13(17)11-4-3-10(16(18)19)7-12(11)14/h3-4,7-9H,5-6H2,1-2H3. The van der Waals surface area contributed by atoms with Crippen LogP contribution in [0, 0.1) is 10.1 Å². The van der Waals surface area contributed by atoms with Crippen LogP contribution >= 0.6 is 23.4 Å². The molecule has 108 valence electrons. The summed E-state index contributed by atoms with van der Waals surface area (Å²) in [6.45, 7) is 4.77. The van der Waals surface area contributed by atoms with Gasteiger partial charge in [0.25, 0.3) is 11.6 Å². The molecule has 0 saturated carbocycles. The van der Waals surface area contributed by atoms with E-state index >= 15 is 0 Å². The molecule has 0 bridgehead atoms. The number of benzene rings is 1. The number of non-ortho nitro benzene ring substituents is 1. The predicted molar refractivity (Wildman–Crippen MR) is 80.5 cm³/mol. The predicted octanol–water partition coefficient (Wildman–Crippen LogP) is 3.21. The first-order valence-electron chi connectivity index (χ1n) is 6.28. The van der Waals surface area contributed by atoms with Crippen molar-refractivity contribution in [3.8, 4) is 0 Å². The van der Waals surface area contributed by atoms with Gasteiger partial charge in [-0.1, -0.05) is 18.5 Å². The summed E-state index contributed by atoms with van der Waals surface area (Å²) in [5.41, 5.74) is 0.213. The van der Waals surface area contributed by atoms with E-state index in [9.17, 15) is 14.9 Å². The number of carbonyl (C=O) groups is 1. The Morgan fingerprint density at radius 2 is 2.20 bits per heavy atom. The molecule has 7 heteroatoms. The highest BCUT2D eigenvalue weighted by Gasteiger charge is 2.30. The van der Waals surface area contributed by atoms with Crippen LogP contribution in [0.25, 0.3) is 0 Å². The SMILES string of the molecule is CC1SCCN(C(=O)c2ccc([N+](=O)[O-])cc2Cl)C1C. The summed E-state index contributed by atoms with van der Waals surface area (Å²) < 4.78 is 0. The number of rotatable bonds is 2. The molecule has 20 heavy (non-hydrogen) atoms. The minimum absolute atomic E-state index is 0.109. The van der Waals surface area contributed by atoms with Gasteiger partial charge in [0.1, 0.15) is 0 Å². The summed E-state index contributed by atoms with van der Waals surface area (Å²) in [6, 6.07) is 4.09. The largest absolute Gasteiger partial charge is 0.334 e. The Morgan fingerprint density at radius 1 is 1.50 bits per heavy atom. The maximum atomic E-state index is 12.5. The monoisotopic (exact) mass is 314 g/mol. The van der Waals surface area contributed by atoms with E-state index in [4.69, 9.17) is 11.6 Å². The first-order chi connectivity index (χ1) is 9.41. The third-order valence-electron chi connectivity index (χ3n) is 3.54. The molecule has 1 fully saturated rings. The van der Waals surface area contributed by atoms with Crippen LogP contribution in [-0.4, -0.2) is 39.3 Å². The van der Waals surface area contributed by atoms with E-state index in [-0.39, 0.29) is 22.7 Å². The summed E-state index contributed by atoms with van der Waals surface area (Å²) in [5, 5.41) is 11.2. The van der Waals surface area contributed by atoms with Crippen molar-refractivity contribution in [2.24, 2.45) is 0 Å². The van der Waals surface area contributed by atoms with Crippen molar-refractivity contribution in [2.75, 3.05) is 12.3 Å². The molecule has 1 aliphatic rings. The van der Waals surface area contributed by atoms with Crippen LogP contribution in [0.1, 0.15) is 24.2 Å². The van der Waals surface area contributed by atoms with Gasteiger partial charge in [0.05, 0.1) is 15.5 Å². The maximum Gasteiger partial charge on any atom is 0.270 e. The van der Waals surface area contributed by atoms with Crippen LogP contribution in [0.5, 0.6) is 0 Å². The fourth-order valence-corrected chi connectivity index (χ4v) is 3.52. The van der Waals surface area contributed by atoms with Gasteiger partial charge in [0.2, 0.25) is 0 Å². The number of amides is 1. The fraction of sp³-hybridized carbons (Fsp3) is 0.462. The van der Waals surface area contributed by atoms with Gasteiger partial charge in [-0.2, -0.15) is 11.8 Å². The second-order valence-electron chi connectivity index (χ2n) is 4.74. The molecular formula is C13H15ClN2O3S. The normalized spacial score (nSPS) is 22.6. The third kappa shape index (κ3) is 2.91. The number of hydrogen-bond donors (Lipinski definition) is 0. The zero-order valence-corrected chi connectivity index (χ0v) is 12.8. The molecule has 0 spiro atoms. The molecule has 1 aliphatic heterocycles. The smallest absolute Gasteiger partial charge is 0.270 e. The number of hydrogen-bond acceptors (Lipinski definition) is 4. The molecular weight excluding hydrogens is 300 g/mol. The van der Waals surface area contributed by atoms with Crippen LogP contribution in [0.4, 0.5) is 5.69 Å². The minimum Gasteiger partial charge on any atom is -0.334 e. The molecule has 1 heterocycles. The van der Waals surface area contributed by atoms with Crippen molar-refractivity contribution in [1.29, 1.82) is 0 Å². The molecule has 2 rings (SSSR count). The summed E-state index contributed by atoms with van der Waals surface area (Å²) in [6.07, 6.45) is 0. The lowest BCUT2D eigenvalue weighted by Crippen LogP contribution is -2.48. The van der Waals surface area contributed by atoms with Crippen LogP contribution in [0.15, 0.2) is 18.2 Å². The maximum absolute atomic E-state index is 12.5. The van der Waals surface area contributed by atoms with Gasteiger partial charge < -0.3 is 4.90 Å². The Morgan fingerprint density at radius 3 is 2.80 bits per heavy atom. The molecule has 0 aromatic heterocycles. The topological polar surface area (TPSA) is 63.5 Å². The second-order valence-corrected chi connectivity index (χ2v) is 6.63. The molecule has 0 radical (unpaired) electrons. The van der Waals surface area contributed by atoms with Gasteiger partial charge in [0, 0.05) is 35.7 Å². The molecule has 1 aromatic rings. The molecule has 1 aromatic carbocycles. The Bertz CT molecular complexity index is 552. The average molecular weight is 315 g/mol. The van der Waals surface area contributed by atoms with E-state index in [0.717, 1.165) is 5.75 Å². The van der Waals surface area contributed by atoms with Crippen LogP contribution in [-0.2, 0) is 0 Å². The van der Waals surface area contributed by atoms with Crippen molar-refractivity contribution in [3.63, 3.8) is 0 Å². The van der Waals surface area contributed by atoms with Crippen LogP contribution in [0.2, 0.25) is 5.02 Å². The summed E-state index contributed by atoms with van der Waals surface area (Å²) in [7, 11) is 0. The minimum atomic E-state index is -0.525. The van der Waals surface area contributed by atoms with Crippen LogP contribution < -0.4 is 0 Å². The summed E-state index contributed by atoms with van der Waals surface area (Å²) >= 11 is 7.85.